The lowest BCUT2D eigenvalue weighted by molar-refractivity contribution is -0.140. The number of aliphatic hydroxyl groups excluding tert-OH is 1. The maximum atomic E-state index is 13.1. The molecule has 2 aliphatic heterocycles. The van der Waals surface area contributed by atoms with Gasteiger partial charge in [-0.05, 0) is 39.3 Å². The predicted octanol–water partition coefficient (Wildman–Crippen LogP) is 1.28. The second-order valence-electron chi connectivity index (χ2n) is 6.62. The van der Waals surface area contributed by atoms with E-state index in [9.17, 15) is 9.90 Å². The summed E-state index contributed by atoms with van der Waals surface area (Å²) in [6.45, 7) is 6.16. The average molecular weight is 322 g/mol. The molecule has 1 N–H and O–H groups in total. The molecule has 0 saturated carbocycles. The molecule has 0 aromatic carbocycles. The van der Waals surface area contributed by atoms with Crippen molar-refractivity contribution in [2.45, 2.75) is 64.1 Å². The van der Waals surface area contributed by atoms with E-state index in [1.165, 1.54) is 0 Å². The molecule has 2 saturated heterocycles. The van der Waals surface area contributed by atoms with Crippen molar-refractivity contribution < 1.29 is 14.4 Å². The molecule has 1 aromatic heterocycles. The maximum absolute atomic E-state index is 13.1. The topological polar surface area (TPSA) is 82.7 Å². The first-order valence-corrected chi connectivity index (χ1v) is 8.63. The van der Waals surface area contributed by atoms with Gasteiger partial charge in [0.2, 0.25) is 11.8 Å². The van der Waals surface area contributed by atoms with Gasteiger partial charge < -0.3 is 14.5 Å². The summed E-state index contributed by atoms with van der Waals surface area (Å²) < 4.78 is 5.26. The monoisotopic (exact) mass is 322 g/mol. The van der Waals surface area contributed by atoms with Crippen LogP contribution < -0.4 is 0 Å². The van der Waals surface area contributed by atoms with Crippen LogP contribution in [0.1, 0.15) is 56.8 Å². The van der Waals surface area contributed by atoms with Gasteiger partial charge in [-0.3, -0.25) is 9.69 Å². The molecule has 23 heavy (non-hydrogen) atoms. The number of hydrogen-bond acceptors (Lipinski definition) is 6. The molecular weight excluding hydrogens is 296 g/mol. The van der Waals surface area contributed by atoms with Gasteiger partial charge in [0.15, 0.2) is 5.82 Å². The number of piperidine rings is 1. The molecule has 2 aliphatic rings. The zero-order chi connectivity index (χ0) is 16.4. The van der Waals surface area contributed by atoms with Crippen LogP contribution >= 0.6 is 0 Å². The quantitative estimate of drug-likeness (QED) is 0.899. The lowest BCUT2D eigenvalue weighted by Crippen LogP contribution is -2.51. The Kier molecular flexibility index (Phi) is 4.96. The fourth-order valence-corrected chi connectivity index (χ4v) is 3.76. The predicted molar refractivity (Wildman–Crippen MR) is 83.6 cm³/mol. The van der Waals surface area contributed by atoms with E-state index in [0.717, 1.165) is 38.8 Å². The highest BCUT2D eigenvalue weighted by molar-refractivity contribution is 5.82. The van der Waals surface area contributed by atoms with Crippen LogP contribution in [0.2, 0.25) is 0 Å². The normalized spacial score (nSPS) is 29.2. The van der Waals surface area contributed by atoms with Crippen molar-refractivity contribution in [3.63, 3.8) is 0 Å². The Labute approximate surface area is 136 Å². The Hall–Kier alpha value is -1.47. The first kappa shape index (κ1) is 16.4. The summed E-state index contributed by atoms with van der Waals surface area (Å²) in [6, 6.07) is -0.385. The molecule has 3 heterocycles. The fourth-order valence-electron chi connectivity index (χ4n) is 3.76. The minimum absolute atomic E-state index is 0.0829. The smallest absolute Gasteiger partial charge is 0.249 e. The van der Waals surface area contributed by atoms with Crippen molar-refractivity contribution in [2.75, 3.05) is 19.6 Å². The number of rotatable bonds is 4. The van der Waals surface area contributed by atoms with Gasteiger partial charge in [-0.2, -0.15) is 4.98 Å². The van der Waals surface area contributed by atoms with E-state index >= 15 is 0 Å². The largest absolute Gasteiger partial charge is 0.391 e. The lowest BCUT2D eigenvalue weighted by atomic mass is 10.00. The molecule has 0 radical (unpaired) electrons. The van der Waals surface area contributed by atoms with Gasteiger partial charge in [0.05, 0.1) is 12.1 Å². The van der Waals surface area contributed by atoms with Crippen LogP contribution in [0, 0.1) is 6.92 Å². The molecule has 1 amide bonds. The number of hydrogen-bond donors (Lipinski definition) is 1. The summed E-state index contributed by atoms with van der Waals surface area (Å²) in [5.41, 5.74) is 0. The second kappa shape index (κ2) is 6.97. The zero-order valence-electron chi connectivity index (χ0n) is 13.9. The number of β-amino-alcohol motifs (C(OH)–C–C–N with tert-alkyl or cyclic N) is 1. The summed E-state index contributed by atoms with van der Waals surface area (Å²) in [7, 11) is 0. The van der Waals surface area contributed by atoms with Crippen molar-refractivity contribution in [3.8, 4) is 0 Å². The van der Waals surface area contributed by atoms with E-state index < -0.39 is 6.10 Å². The van der Waals surface area contributed by atoms with Crippen LogP contribution in [-0.2, 0) is 4.79 Å². The molecular formula is C16H26N4O3. The Morgan fingerprint density at radius 3 is 2.96 bits per heavy atom. The highest BCUT2D eigenvalue weighted by Gasteiger charge is 2.42. The van der Waals surface area contributed by atoms with Gasteiger partial charge in [0, 0.05) is 13.0 Å². The molecule has 0 aliphatic carbocycles. The molecule has 7 heteroatoms. The van der Waals surface area contributed by atoms with Gasteiger partial charge in [0.1, 0.15) is 6.04 Å². The SMILES string of the molecule is CCCN1CCCCC1C(=O)N1C[C@H](O)C[C@@H]1c1nc(C)no1. The van der Waals surface area contributed by atoms with E-state index in [1.807, 2.05) is 0 Å². The highest BCUT2D eigenvalue weighted by atomic mass is 16.5. The minimum atomic E-state index is -0.528. The van der Waals surface area contributed by atoms with E-state index in [2.05, 4.69) is 22.0 Å². The first-order chi connectivity index (χ1) is 11.1. The van der Waals surface area contributed by atoms with E-state index in [4.69, 9.17) is 4.52 Å². The van der Waals surface area contributed by atoms with Crippen LogP contribution in [0.3, 0.4) is 0 Å². The Bertz CT molecular complexity index is 545. The van der Waals surface area contributed by atoms with Crippen LogP contribution in [0.4, 0.5) is 0 Å². The van der Waals surface area contributed by atoms with E-state index in [1.54, 1.807) is 11.8 Å². The molecule has 3 rings (SSSR count). The minimum Gasteiger partial charge on any atom is -0.391 e. The number of nitrogens with zero attached hydrogens (tertiary/aromatic N) is 4. The van der Waals surface area contributed by atoms with Crippen LogP contribution in [-0.4, -0.2) is 62.7 Å². The fraction of sp³-hybridized carbons (Fsp3) is 0.812. The molecule has 1 unspecified atom stereocenters. The number of likely N-dealkylation sites (tertiary alicyclic amines) is 2. The zero-order valence-corrected chi connectivity index (χ0v) is 13.9. The highest BCUT2D eigenvalue weighted by Crippen LogP contribution is 2.33. The van der Waals surface area contributed by atoms with Gasteiger partial charge in [0.25, 0.3) is 0 Å². The number of amides is 1. The Morgan fingerprint density at radius 2 is 2.26 bits per heavy atom. The number of aliphatic hydroxyl groups is 1. The number of aromatic nitrogens is 2. The van der Waals surface area contributed by atoms with Crippen molar-refractivity contribution in [1.82, 2.24) is 19.9 Å². The first-order valence-electron chi connectivity index (χ1n) is 8.63. The van der Waals surface area contributed by atoms with E-state index in [0.29, 0.717) is 24.7 Å². The van der Waals surface area contributed by atoms with Crippen LogP contribution in [0.25, 0.3) is 0 Å². The third-order valence-corrected chi connectivity index (χ3v) is 4.80. The molecule has 3 atom stereocenters. The Morgan fingerprint density at radius 1 is 1.43 bits per heavy atom. The molecule has 2 fully saturated rings. The molecule has 7 nitrogen and oxygen atoms in total. The van der Waals surface area contributed by atoms with Gasteiger partial charge in [-0.25, -0.2) is 0 Å². The molecule has 128 valence electrons. The Balaban J connectivity index is 1.78. The van der Waals surface area contributed by atoms with E-state index in [-0.39, 0.29) is 18.0 Å². The second-order valence-corrected chi connectivity index (χ2v) is 6.62. The number of aryl methyl sites for hydroxylation is 1. The van der Waals surface area contributed by atoms with Gasteiger partial charge in [-0.15, -0.1) is 0 Å². The summed E-state index contributed by atoms with van der Waals surface area (Å²) in [5, 5.41) is 13.9. The number of carbonyl (C=O) groups is 1. The standard InChI is InChI=1S/C16H26N4O3/c1-3-7-19-8-5-4-6-13(19)16(22)20-10-12(21)9-14(20)15-17-11(2)18-23-15/h12-14,21H,3-10H2,1-2H3/t12-,13?,14-/m1/s1. The van der Waals surface area contributed by atoms with Crippen LogP contribution in [0.5, 0.6) is 0 Å². The molecule has 0 bridgehead atoms. The van der Waals surface area contributed by atoms with Crippen molar-refractivity contribution in [2.24, 2.45) is 0 Å². The van der Waals surface area contributed by atoms with Crippen molar-refractivity contribution in [3.05, 3.63) is 11.7 Å². The molecule has 1 aromatic rings. The summed E-state index contributed by atoms with van der Waals surface area (Å²) >= 11 is 0. The van der Waals surface area contributed by atoms with Gasteiger partial charge >= 0.3 is 0 Å². The summed E-state index contributed by atoms with van der Waals surface area (Å²) in [6.07, 6.45) is 4.10. The maximum Gasteiger partial charge on any atom is 0.249 e. The van der Waals surface area contributed by atoms with Gasteiger partial charge in [-0.1, -0.05) is 18.5 Å². The summed E-state index contributed by atoms with van der Waals surface area (Å²) in [5.74, 6) is 1.08. The summed E-state index contributed by atoms with van der Waals surface area (Å²) in [4.78, 5) is 21.4. The van der Waals surface area contributed by atoms with Crippen LogP contribution in [0.15, 0.2) is 4.52 Å². The third-order valence-electron chi connectivity index (χ3n) is 4.80. The average Bonchev–Trinajstić information content (AvgIpc) is 3.13. The lowest BCUT2D eigenvalue weighted by Gasteiger charge is -2.37. The number of carbonyl (C=O) groups excluding carboxylic acids is 1. The molecule has 0 spiro atoms. The third kappa shape index (κ3) is 3.40. The van der Waals surface area contributed by atoms with Crippen molar-refractivity contribution >= 4 is 5.91 Å². The van der Waals surface area contributed by atoms with Crippen molar-refractivity contribution in [1.29, 1.82) is 0 Å².